The fourth-order valence-corrected chi connectivity index (χ4v) is 2.77. The molecule has 1 aromatic carbocycles. The molecule has 0 fully saturated rings. The average Bonchev–Trinajstić information content (AvgIpc) is 2.78. The SMILES string of the molecule is CNC(c1coc(C)c1)c1c(C)c(C)cc(C)c1C. The Labute approximate surface area is 115 Å². The van der Waals surface area contributed by atoms with Crippen LogP contribution in [0.5, 0.6) is 0 Å². The molecular weight excluding hydrogens is 234 g/mol. The van der Waals surface area contributed by atoms with Gasteiger partial charge in [-0.2, -0.15) is 0 Å². The zero-order valence-corrected chi connectivity index (χ0v) is 12.7. The molecule has 1 N–H and O–H groups in total. The summed E-state index contributed by atoms with van der Waals surface area (Å²) in [5.41, 5.74) is 7.98. The van der Waals surface area contributed by atoms with E-state index >= 15 is 0 Å². The van der Waals surface area contributed by atoms with Crippen LogP contribution in [0.4, 0.5) is 0 Å². The lowest BCUT2D eigenvalue weighted by Gasteiger charge is -2.23. The summed E-state index contributed by atoms with van der Waals surface area (Å²) in [6, 6.07) is 4.57. The first-order chi connectivity index (χ1) is 8.95. The standard InChI is InChI=1S/C17H23NO/c1-10-7-11(2)14(5)16(13(10)4)17(18-6)15-8-12(3)19-9-15/h7-9,17-18H,1-6H3. The van der Waals surface area contributed by atoms with Crippen LogP contribution in [0.3, 0.4) is 0 Å². The minimum Gasteiger partial charge on any atom is -0.469 e. The number of furan rings is 1. The van der Waals surface area contributed by atoms with Crippen LogP contribution >= 0.6 is 0 Å². The van der Waals surface area contributed by atoms with Gasteiger partial charge in [-0.3, -0.25) is 0 Å². The molecule has 0 amide bonds. The van der Waals surface area contributed by atoms with Crippen LogP contribution in [0.15, 0.2) is 22.8 Å². The van der Waals surface area contributed by atoms with Gasteiger partial charge in [-0.1, -0.05) is 6.07 Å². The lowest BCUT2D eigenvalue weighted by Crippen LogP contribution is -2.20. The van der Waals surface area contributed by atoms with Crippen molar-refractivity contribution in [3.63, 3.8) is 0 Å². The van der Waals surface area contributed by atoms with Gasteiger partial charge in [0.25, 0.3) is 0 Å². The fraction of sp³-hybridized carbons (Fsp3) is 0.412. The van der Waals surface area contributed by atoms with Crippen LogP contribution in [0.25, 0.3) is 0 Å². The van der Waals surface area contributed by atoms with Crippen molar-refractivity contribution in [1.29, 1.82) is 0 Å². The molecule has 0 spiro atoms. The second kappa shape index (κ2) is 5.22. The molecule has 0 bridgehead atoms. The quantitative estimate of drug-likeness (QED) is 0.894. The predicted molar refractivity (Wildman–Crippen MR) is 79.7 cm³/mol. The summed E-state index contributed by atoms with van der Waals surface area (Å²) in [7, 11) is 2.00. The highest BCUT2D eigenvalue weighted by Gasteiger charge is 2.20. The summed E-state index contributed by atoms with van der Waals surface area (Å²) in [5.74, 6) is 0.954. The minimum atomic E-state index is 0.191. The van der Waals surface area contributed by atoms with Crippen molar-refractivity contribution in [1.82, 2.24) is 5.32 Å². The van der Waals surface area contributed by atoms with Crippen LogP contribution in [0, 0.1) is 34.6 Å². The van der Waals surface area contributed by atoms with Crippen molar-refractivity contribution in [2.24, 2.45) is 0 Å². The van der Waals surface area contributed by atoms with E-state index in [1.54, 1.807) is 0 Å². The summed E-state index contributed by atoms with van der Waals surface area (Å²) in [6.07, 6.45) is 1.85. The fourth-order valence-electron chi connectivity index (χ4n) is 2.77. The van der Waals surface area contributed by atoms with Crippen LogP contribution in [0.1, 0.15) is 45.2 Å². The Balaban J connectivity index is 2.61. The van der Waals surface area contributed by atoms with Crippen molar-refractivity contribution >= 4 is 0 Å². The van der Waals surface area contributed by atoms with Crippen molar-refractivity contribution in [3.8, 4) is 0 Å². The Hall–Kier alpha value is -1.54. The van der Waals surface area contributed by atoms with Gasteiger partial charge in [0.2, 0.25) is 0 Å². The molecule has 1 aromatic heterocycles. The number of benzene rings is 1. The number of rotatable bonds is 3. The van der Waals surface area contributed by atoms with Gasteiger partial charge >= 0.3 is 0 Å². The molecule has 2 heteroatoms. The third kappa shape index (κ3) is 2.45. The smallest absolute Gasteiger partial charge is 0.101 e. The first-order valence-corrected chi connectivity index (χ1v) is 6.75. The zero-order chi connectivity index (χ0) is 14.2. The molecule has 0 aliphatic rings. The average molecular weight is 257 g/mol. The molecule has 0 aliphatic carbocycles. The van der Waals surface area contributed by atoms with E-state index in [1.165, 1.54) is 33.4 Å². The molecule has 2 rings (SSSR count). The molecule has 0 saturated carbocycles. The molecule has 0 aliphatic heterocycles. The number of nitrogens with one attached hydrogen (secondary N) is 1. The predicted octanol–water partition coefficient (Wildman–Crippen LogP) is 4.13. The van der Waals surface area contributed by atoms with Crippen molar-refractivity contribution in [3.05, 3.63) is 57.5 Å². The normalized spacial score (nSPS) is 12.7. The summed E-state index contributed by atoms with van der Waals surface area (Å²) in [4.78, 5) is 0. The van der Waals surface area contributed by atoms with Gasteiger partial charge in [-0.25, -0.2) is 0 Å². The van der Waals surface area contributed by atoms with Gasteiger partial charge in [0, 0.05) is 5.56 Å². The second-order valence-electron chi connectivity index (χ2n) is 5.39. The van der Waals surface area contributed by atoms with E-state index in [-0.39, 0.29) is 6.04 Å². The largest absolute Gasteiger partial charge is 0.469 e. The monoisotopic (exact) mass is 257 g/mol. The zero-order valence-electron chi connectivity index (χ0n) is 12.7. The van der Waals surface area contributed by atoms with Crippen molar-refractivity contribution < 1.29 is 4.42 Å². The van der Waals surface area contributed by atoms with Crippen molar-refractivity contribution in [2.75, 3.05) is 7.05 Å². The Morgan fingerprint density at radius 3 is 1.95 bits per heavy atom. The maximum absolute atomic E-state index is 5.47. The van der Waals surface area contributed by atoms with E-state index in [1.807, 2.05) is 20.2 Å². The Kier molecular flexibility index (Phi) is 3.81. The van der Waals surface area contributed by atoms with Gasteiger partial charge < -0.3 is 9.73 Å². The number of aryl methyl sites for hydroxylation is 3. The van der Waals surface area contributed by atoms with E-state index < -0.39 is 0 Å². The van der Waals surface area contributed by atoms with Gasteiger partial charge in [-0.05, 0) is 75.5 Å². The third-order valence-electron chi connectivity index (χ3n) is 4.09. The lowest BCUT2D eigenvalue weighted by molar-refractivity contribution is 0.527. The molecule has 102 valence electrons. The summed E-state index contributed by atoms with van der Waals surface area (Å²) < 4.78 is 5.47. The van der Waals surface area contributed by atoms with E-state index in [0.29, 0.717) is 0 Å². The molecule has 1 unspecified atom stereocenters. The Bertz CT molecular complexity index is 569. The molecular formula is C17H23NO. The summed E-state index contributed by atoms with van der Waals surface area (Å²) >= 11 is 0. The first kappa shape index (κ1) is 13.9. The second-order valence-corrected chi connectivity index (χ2v) is 5.39. The van der Waals surface area contributed by atoms with Gasteiger partial charge in [0.05, 0.1) is 12.3 Å². The maximum atomic E-state index is 5.47. The summed E-state index contributed by atoms with van der Waals surface area (Å²) in [6.45, 7) is 10.7. The highest BCUT2D eigenvalue weighted by molar-refractivity contribution is 5.48. The maximum Gasteiger partial charge on any atom is 0.101 e. The molecule has 1 heterocycles. The van der Waals surface area contributed by atoms with E-state index in [0.717, 1.165) is 5.76 Å². The topological polar surface area (TPSA) is 25.2 Å². The third-order valence-corrected chi connectivity index (χ3v) is 4.09. The number of hydrogen-bond acceptors (Lipinski definition) is 2. The lowest BCUT2D eigenvalue weighted by atomic mass is 9.87. The highest BCUT2D eigenvalue weighted by atomic mass is 16.3. The van der Waals surface area contributed by atoms with Gasteiger partial charge in [0.1, 0.15) is 5.76 Å². The van der Waals surface area contributed by atoms with Crippen LogP contribution in [-0.4, -0.2) is 7.05 Å². The van der Waals surface area contributed by atoms with Crippen LogP contribution in [0.2, 0.25) is 0 Å². The summed E-state index contributed by atoms with van der Waals surface area (Å²) in [5, 5.41) is 3.42. The van der Waals surface area contributed by atoms with Gasteiger partial charge in [-0.15, -0.1) is 0 Å². The molecule has 0 radical (unpaired) electrons. The van der Waals surface area contributed by atoms with Crippen LogP contribution < -0.4 is 5.32 Å². The number of hydrogen-bond donors (Lipinski definition) is 1. The molecule has 0 saturated heterocycles. The Morgan fingerprint density at radius 1 is 0.947 bits per heavy atom. The Morgan fingerprint density at radius 2 is 1.53 bits per heavy atom. The van der Waals surface area contributed by atoms with Crippen molar-refractivity contribution in [2.45, 2.75) is 40.7 Å². The molecule has 1 atom stereocenters. The van der Waals surface area contributed by atoms with E-state index in [2.05, 4.69) is 45.1 Å². The molecule has 2 nitrogen and oxygen atoms in total. The highest BCUT2D eigenvalue weighted by Crippen LogP contribution is 2.32. The molecule has 19 heavy (non-hydrogen) atoms. The van der Waals surface area contributed by atoms with E-state index in [4.69, 9.17) is 4.42 Å². The van der Waals surface area contributed by atoms with E-state index in [9.17, 15) is 0 Å². The van der Waals surface area contributed by atoms with Crippen LogP contribution in [-0.2, 0) is 0 Å². The minimum absolute atomic E-state index is 0.191. The van der Waals surface area contributed by atoms with Gasteiger partial charge in [0.15, 0.2) is 0 Å². The molecule has 2 aromatic rings. The first-order valence-electron chi connectivity index (χ1n) is 6.75.